The molecule has 2 aromatic rings. The van der Waals surface area contributed by atoms with Crippen molar-refractivity contribution in [2.24, 2.45) is 0 Å². The smallest absolute Gasteiger partial charge is 0.128 e. The molecule has 0 unspecified atom stereocenters. The van der Waals surface area contributed by atoms with E-state index in [0.29, 0.717) is 0 Å². The number of hydrogen-bond donors (Lipinski definition) is 2. The van der Waals surface area contributed by atoms with Gasteiger partial charge in [0.1, 0.15) is 5.82 Å². The van der Waals surface area contributed by atoms with Gasteiger partial charge in [-0.15, -0.1) is 0 Å². The highest BCUT2D eigenvalue weighted by atomic mass is 15.2. The van der Waals surface area contributed by atoms with Crippen molar-refractivity contribution in [1.29, 1.82) is 0 Å². The quantitative estimate of drug-likeness (QED) is 0.858. The molecule has 0 radical (unpaired) electrons. The zero-order valence-electron chi connectivity index (χ0n) is 14.1. The average Bonchev–Trinajstić information content (AvgIpc) is 2.71. The van der Waals surface area contributed by atoms with Crippen LogP contribution < -0.4 is 20.4 Å². The molecular weight excluding hydrogens is 300 g/mol. The minimum Gasteiger partial charge on any atom is -0.368 e. The summed E-state index contributed by atoms with van der Waals surface area (Å²) < 4.78 is 0. The number of nitrogens with one attached hydrogen (secondary N) is 2. The minimum atomic E-state index is 1.07. The monoisotopic (exact) mass is 326 g/mol. The van der Waals surface area contributed by atoms with Crippen molar-refractivity contribution in [3.05, 3.63) is 48.9 Å². The Kier molecular flexibility index (Phi) is 6.39. The van der Waals surface area contributed by atoms with Crippen molar-refractivity contribution in [3.8, 4) is 0 Å². The number of piperazine rings is 2. The standard InChI is InChI=1S/2C9H13N3/c1-2-9(8-11-3-1)12-6-4-10-5-7-12;1-2-4-11-9(3-1)12-7-5-10-6-8-12/h1-3,8,10H,4-7H2;1-4,10H,5-8H2. The first-order valence-corrected chi connectivity index (χ1v) is 8.66. The Morgan fingerprint density at radius 2 is 1.46 bits per heavy atom. The second-order valence-corrected chi connectivity index (χ2v) is 5.87. The van der Waals surface area contributed by atoms with E-state index in [4.69, 9.17) is 0 Å². The Bertz CT molecular complexity index is 511. The van der Waals surface area contributed by atoms with Crippen molar-refractivity contribution >= 4 is 11.5 Å². The highest BCUT2D eigenvalue weighted by molar-refractivity contribution is 5.44. The van der Waals surface area contributed by atoms with Crippen LogP contribution in [0.2, 0.25) is 0 Å². The molecular formula is C18H26N6. The molecule has 6 nitrogen and oxygen atoms in total. The van der Waals surface area contributed by atoms with Crippen molar-refractivity contribution in [2.45, 2.75) is 0 Å². The van der Waals surface area contributed by atoms with E-state index < -0.39 is 0 Å². The number of nitrogens with zero attached hydrogens (tertiary/aromatic N) is 4. The molecule has 0 bridgehead atoms. The zero-order valence-corrected chi connectivity index (χ0v) is 14.1. The van der Waals surface area contributed by atoms with Crippen LogP contribution in [-0.2, 0) is 0 Å². The van der Waals surface area contributed by atoms with Gasteiger partial charge in [0.25, 0.3) is 0 Å². The number of hydrogen-bond acceptors (Lipinski definition) is 6. The third kappa shape index (κ3) is 4.91. The Morgan fingerprint density at radius 1 is 0.750 bits per heavy atom. The fraction of sp³-hybridized carbons (Fsp3) is 0.444. The lowest BCUT2D eigenvalue weighted by molar-refractivity contribution is 0.585. The molecule has 0 amide bonds. The van der Waals surface area contributed by atoms with E-state index in [1.165, 1.54) is 5.69 Å². The minimum absolute atomic E-state index is 1.07. The number of aromatic nitrogens is 2. The lowest BCUT2D eigenvalue weighted by Gasteiger charge is -2.28. The molecule has 24 heavy (non-hydrogen) atoms. The molecule has 2 aliphatic rings. The molecule has 2 aromatic heterocycles. The first-order chi connectivity index (χ1) is 11.9. The van der Waals surface area contributed by atoms with E-state index >= 15 is 0 Å². The maximum absolute atomic E-state index is 4.30. The van der Waals surface area contributed by atoms with E-state index in [9.17, 15) is 0 Å². The summed E-state index contributed by atoms with van der Waals surface area (Å²) >= 11 is 0. The lowest BCUT2D eigenvalue weighted by Crippen LogP contribution is -2.43. The summed E-state index contributed by atoms with van der Waals surface area (Å²) in [5.74, 6) is 1.10. The Hall–Kier alpha value is -2.18. The van der Waals surface area contributed by atoms with Crippen molar-refractivity contribution < 1.29 is 0 Å². The predicted octanol–water partition coefficient (Wildman–Crippen LogP) is 0.982. The summed E-state index contributed by atoms with van der Waals surface area (Å²) in [5, 5.41) is 6.64. The number of rotatable bonds is 2. The highest BCUT2D eigenvalue weighted by Gasteiger charge is 2.10. The molecule has 0 saturated carbocycles. The van der Waals surface area contributed by atoms with Gasteiger partial charge >= 0.3 is 0 Å². The summed E-state index contributed by atoms with van der Waals surface area (Å²) in [6.07, 6.45) is 5.58. The third-order valence-electron chi connectivity index (χ3n) is 4.22. The molecule has 2 saturated heterocycles. The Morgan fingerprint density at radius 3 is 2.04 bits per heavy atom. The van der Waals surface area contributed by atoms with Gasteiger partial charge in [-0.1, -0.05) is 6.07 Å². The predicted molar refractivity (Wildman–Crippen MR) is 98.6 cm³/mol. The molecule has 0 aliphatic carbocycles. The summed E-state index contributed by atoms with van der Waals surface area (Å²) in [6, 6.07) is 10.1. The third-order valence-corrected chi connectivity index (χ3v) is 4.22. The molecule has 0 atom stereocenters. The summed E-state index contributed by atoms with van der Waals surface area (Å²) in [5.41, 5.74) is 1.24. The van der Waals surface area contributed by atoms with Gasteiger partial charge in [0.15, 0.2) is 0 Å². The Balaban J connectivity index is 0.000000141. The topological polar surface area (TPSA) is 56.3 Å². The summed E-state index contributed by atoms with van der Waals surface area (Å²) in [6.45, 7) is 8.60. The second-order valence-electron chi connectivity index (χ2n) is 5.87. The summed E-state index contributed by atoms with van der Waals surface area (Å²) in [4.78, 5) is 13.1. The van der Waals surface area contributed by atoms with Crippen LogP contribution >= 0.6 is 0 Å². The van der Waals surface area contributed by atoms with Gasteiger partial charge in [-0.05, 0) is 24.3 Å². The van der Waals surface area contributed by atoms with Gasteiger partial charge in [-0.25, -0.2) is 4.98 Å². The van der Waals surface area contributed by atoms with E-state index in [-0.39, 0.29) is 0 Å². The largest absolute Gasteiger partial charge is 0.368 e. The van der Waals surface area contributed by atoms with Gasteiger partial charge in [0.2, 0.25) is 0 Å². The normalized spacial score (nSPS) is 17.8. The van der Waals surface area contributed by atoms with Gasteiger partial charge in [-0.3, -0.25) is 4.98 Å². The van der Waals surface area contributed by atoms with Gasteiger partial charge < -0.3 is 20.4 Å². The van der Waals surface area contributed by atoms with Crippen LogP contribution in [0.3, 0.4) is 0 Å². The molecule has 2 fully saturated rings. The van der Waals surface area contributed by atoms with Crippen LogP contribution in [0.1, 0.15) is 0 Å². The first-order valence-electron chi connectivity index (χ1n) is 8.66. The molecule has 4 heterocycles. The Labute approximate surface area is 143 Å². The van der Waals surface area contributed by atoms with E-state index in [2.05, 4.69) is 42.5 Å². The molecule has 2 aliphatic heterocycles. The van der Waals surface area contributed by atoms with Crippen LogP contribution in [0.5, 0.6) is 0 Å². The van der Waals surface area contributed by atoms with Crippen LogP contribution in [-0.4, -0.2) is 62.3 Å². The SMILES string of the molecule is c1ccc(N2CCNCC2)nc1.c1cncc(N2CCNCC2)c1. The van der Waals surface area contributed by atoms with E-state index in [1.54, 1.807) is 0 Å². The maximum atomic E-state index is 4.30. The molecule has 2 N–H and O–H groups in total. The number of pyridine rings is 2. The van der Waals surface area contributed by atoms with Gasteiger partial charge in [0, 0.05) is 64.8 Å². The fourth-order valence-corrected chi connectivity index (χ4v) is 2.90. The van der Waals surface area contributed by atoms with Crippen LogP contribution in [0, 0.1) is 0 Å². The van der Waals surface area contributed by atoms with Crippen LogP contribution in [0.15, 0.2) is 48.9 Å². The van der Waals surface area contributed by atoms with Crippen molar-refractivity contribution in [3.63, 3.8) is 0 Å². The molecule has 0 aromatic carbocycles. The van der Waals surface area contributed by atoms with Crippen molar-refractivity contribution in [1.82, 2.24) is 20.6 Å². The second kappa shape index (κ2) is 9.20. The molecule has 4 rings (SSSR count). The molecule has 6 heteroatoms. The van der Waals surface area contributed by atoms with E-state index in [1.807, 2.05) is 36.8 Å². The maximum Gasteiger partial charge on any atom is 0.128 e. The van der Waals surface area contributed by atoms with E-state index in [0.717, 1.165) is 58.2 Å². The molecule has 0 spiro atoms. The first kappa shape index (κ1) is 16.7. The van der Waals surface area contributed by atoms with Gasteiger partial charge in [-0.2, -0.15) is 0 Å². The number of anilines is 2. The summed E-state index contributed by atoms with van der Waals surface area (Å²) in [7, 11) is 0. The van der Waals surface area contributed by atoms with Crippen LogP contribution in [0.4, 0.5) is 11.5 Å². The lowest BCUT2D eigenvalue weighted by atomic mass is 10.3. The highest BCUT2D eigenvalue weighted by Crippen LogP contribution is 2.11. The zero-order chi connectivity index (χ0) is 16.5. The average molecular weight is 326 g/mol. The van der Waals surface area contributed by atoms with Crippen LogP contribution in [0.25, 0.3) is 0 Å². The van der Waals surface area contributed by atoms with Crippen molar-refractivity contribution in [2.75, 3.05) is 62.2 Å². The molecule has 128 valence electrons. The van der Waals surface area contributed by atoms with Gasteiger partial charge in [0.05, 0.1) is 11.9 Å². The fourth-order valence-electron chi connectivity index (χ4n) is 2.90.